The van der Waals surface area contributed by atoms with Crippen LogP contribution in [0.2, 0.25) is 5.02 Å². The summed E-state index contributed by atoms with van der Waals surface area (Å²) < 4.78 is 14.5. The van der Waals surface area contributed by atoms with Crippen molar-refractivity contribution >= 4 is 23.2 Å². The zero-order valence-corrected chi connectivity index (χ0v) is 15.1. The van der Waals surface area contributed by atoms with Crippen LogP contribution >= 0.6 is 11.6 Å². The van der Waals surface area contributed by atoms with Gasteiger partial charge in [-0.2, -0.15) is 4.68 Å². The zero-order chi connectivity index (χ0) is 18.8. The van der Waals surface area contributed by atoms with Gasteiger partial charge < -0.3 is 9.80 Å². The second kappa shape index (κ2) is 7.32. The van der Waals surface area contributed by atoms with Gasteiger partial charge in [0.15, 0.2) is 0 Å². The summed E-state index contributed by atoms with van der Waals surface area (Å²) in [5.41, 5.74) is 1.98. The Morgan fingerprint density at radius 2 is 1.78 bits per heavy atom. The summed E-state index contributed by atoms with van der Waals surface area (Å²) in [6, 6.07) is 11.4. The Hall–Kier alpha value is -3.00. The molecule has 1 aromatic heterocycles. The molecule has 0 spiro atoms. The first-order valence-corrected chi connectivity index (χ1v) is 8.82. The number of carbonyl (C=O) groups is 1. The Labute approximate surface area is 159 Å². The van der Waals surface area contributed by atoms with Crippen LogP contribution in [-0.2, 0) is 0 Å². The molecule has 0 radical (unpaired) electrons. The molecular formula is C18H16ClFN6O. The molecule has 9 heteroatoms. The number of aromatic nitrogens is 4. The highest BCUT2D eigenvalue weighted by molar-refractivity contribution is 6.31. The number of carbonyl (C=O) groups excluding carboxylic acids is 1. The molecule has 0 atom stereocenters. The van der Waals surface area contributed by atoms with E-state index in [-0.39, 0.29) is 11.7 Å². The quantitative estimate of drug-likeness (QED) is 0.691. The average Bonchev–Trinajstić information content (AvgIpc) is 3.23. The molecule has 0 saturated carbocycles. The van der Waals surface area contributed by atoms with Gasteiger partial charge >= 0.3 is 0 Å². The van der Waals surface area contributed by atoms with Gasteiger partial charge in [0.1, 0.15) is 12.1 Å². The van der Waals surface area contributed by atoms with Crippen molar-refractivity contribution in [1.82, 2.24) is 25.1 Å². The van der Waals surface area contributed by atoms with E-state index in [0.717, 1.165) is 5.69 Å². The molecule has 0 unspecified atom stereocenters. The smallest absolute Gasteiger partial charge is 0.256 e. The maximum Gasteiger partial charge on any atom is 0.256 e. The lowest BCUT2D eigenvalue weighted by Crippen LogP contribution is -2.49. The second-order valence-corrected chi connectivity index (χ2v) is 6.61. The number of nitrogens with zero attached hydrogens (tertiary/aromatic N) is 6. The fraction of sp³-hybridized carbons (Fsp3) is 0.222. The van der Waals surface area contributed by atoms with Gasteiger partial charge in [-0.3, -0.25) is 4.79 Å². The summed E-state index contributed by atoms with van der Waals surface area (Å²) in [5, 5.41) is 11.6. The first-order valence-electron chi connectivity index (χ1n) is 8.44. The third-order valence-electron chi connectivity index (χ3n) is 4.54. The number of benzene rings is 2. The van der Waals surface area contributed by atoms with E-state index in [1.165, 1.54) is 23.1 Å². The molecule has 3 aromatic rings. The van der Waals surface area contributed by atoms with Gasteiger partial charge in [-0.1, -0.05) is 11.6 Å². The van der Waals surface area contributed by atoms with Crippen LogP contribution in [0.3, 0.4) is 0 Å². The maximum atomic E-state index is 13.1. The molecule has 1 aliphatic rings. The third kappa shape index (κ3) is 3.61. The maximum absolute atomic E-state index is 13.1. The molecule has 2 aromatic carbocycles. The number of amides is 1. The first-order chi connectivity index (χ1) is 13.1. The van der Waals surface area contributed by atoms with E-state index in [4.69, 9.17) is 11.6 Å². The van der Waals surface area contributed by atoms with Crippen LogP contribution in [0.4, 0.5) is 10.1 Å². The highest BCUT2D eigenvalue weighted by Crippen LogP contribution is 2.22. The molecule has 2 heterocycles. The third-order valence-corrected chi connectivity index (χ3v) is 4.78. The molecule has 138 valence electrons. The Morgan fingerprint density at radius 1 is 1.04 bits per heavy atom. The van der Waals surface area contributed by atoms with Crippen molar-refractivity contribution in [3.63, 3.8) is 0 Å². The monoisotopic (exact) mass is 386 g/mol. The molecule has 1 amide bonds. The van der Waals surface area contributed by atoms with Gasteiger partial charge in [0.05, 0.1) is 11.3 Å². The van der Waals surface area contributed by atoms with Crippen LogP contribution in [0.25, 0.3) is 5.69 Å². The van der Waals surface area contributed by atoms with Crippen LogP contribution in [0.5, 0.6) is 0 Å². The normalized spacial score (nSPS) is 14.4. The van der Waals surface area contributed by atoms with Crippen LogP contribution in [0.1, 0.15) is 10.4 Å². The minimum absolute atomic E-state index is 0.101. The second-order valence-electron chi connectivity index (χ2n) is 6.17. The van der Waals surface area contributed by atoms with Gasteiger partial charge in [0.2, 0.25) is 0 Å². The molecule has 27 heavy (non-hydrogen) atoms. The molecule has 0 bridgehead atoms. The SMILES string of the molecule is O=C(c1ccc(Cl)cc1-n1cnnn1)N1CCN(c2ccc(F)cc2)CC1. The predicted octanol–water partition coefficient (Wildman–Crippen LogP) is 2.42. The zero-order valence-electron chi connectivity index (χ0n) is 14.3. The van der Waals surface area contributed by atoms with E-state index < -0.39 is 0 Å². The van der Waals surface area contributed by atoms with Crippen molar-refractivity contribution in [2.45, 2.75) is 0 Å². The first kappa shape index (κ1) is 17.4. The van der Waals surface area contributed by atoms with Crippen LogP contribution in [-0.4, -0.2) is 57.2 Å². The highest BCUT2D eigenvalue weighted by Gasteiger charge is 2.25. The van der Waals surface area contributed by atoms with E-state index >= 15 is 0 Å². The number of anilines is 1. The van der Waals surface area contributed by atoms with E-state index in [9.17, 15) is 9.18 Å². The van der Waals surface area contributed by atoms with E-state index in [1.54, 1.807) is 35.2 Å². The van der Waals surface area contributed by atoms with Crippen LogP contribution in [0.15, 0.2) is 48.8 Å². The Kier molecular flexibility index (Phi) is 4.72. The lowest BCUT2D eigenvalue weighted by atomic mass is 10.1. The summed E-state index contributed by atoms with van der Waals surface area (Å²) in [7, 11) is 0. The topological polar surface area (TPSA) is 67.2 Å². The molecule has 0 N–H and O–H groups in total. The van der Waals surface area contributed by atoms with Crippen molar-refractivity contribution in [3.05, 3.63) is 65.2 Å². The summed E-state index contributed by atoms with van der Waals surface area (Å²) in [6.45, 7) is 2.47. The van der Waals surface area contributed by atoms with Crippen molar-refractivity contribution in [3.8, 4) is 5.69 Å². The Bertz CT molecular complexity index is 939. The number of hydrogen-bond donors (Lipinski definition) is 0. The van der Waals surface area contributed by atoms with Crippen molar-refractivity contribution in [1.29, 1.82) is 0 Å². The Balaban J connectivity index is 1.51. The number of halogens is 2. The molecule has 1 saturated heterocycles. The van der Waals surface area contributed by atoms with Crippen molar-refractivity contribution in [2.24, 2.45) is 0 Å². The average molecular weight is 387 g/mol. The fourth-order valence-electron chi connectivity index (χ4n) is 3.14. The minimum atomic E-state index is -0.259. The number of rotatable bonds is 3. The standard InChI is InChI=1S/C18H16ClFN6O/c19-13-1-6-16(17(11-13)26-12-21-22-23-26)18(27)25-9-7-24(8-10-25)15-4-2-14(20)3-5-15/h1-6,11-12H,7-10H2. The van der Waals surface area contributed by atoms with Gasteiger partial charge in [0.25, 0.3) is 5.91 Å². The van der Waals surface area contributed by atoms with Gasteiger partial charge in [-0.25, -0.2) is 4.39 Å². The number of piperazine rings is 1. The van der Waals surface area contributed by atoms with Crippen LogP contribution in [0, 0.1) is 5.82 Å². The van der Waals surface area contributed by atoms with E-state index in [1.807, 2.05) is 0 Å². The number of tetrazole rings is 1. The van der Waals surface area contributed by atoms with Crippen LogP contribution < -0.4 is 4.90 Å². The highest BCUT2D eigenvalue weighted by atomic mass is 35.5. The van der Waals surface area contributed by atoms with Crippen molar-refractivity contribution in [2.75, 3.05) is 31.1 Å². The predicted molar refractivity (Wildman–Crippen MR) is 98.7 cm³/mol. The van der Waals surface area contributed by atoms with Crippen molar-refractivity contribution < 1.29 is 9.18 Å². The molecular weight excluding hydrogens is 371 g/mol. The lowest BCUT2D eigenvalue weighted by Gasteiger charge is -2.36. The van der Waals surface area contributed by atoms with Gasteiger partial charge in [-0.15, -0.1) is 5.10 Å². The summed E-state index contributed by atoms with van der Waals surface area (Å²) in [4.78, 5) is 17.0. The Morgan fingerprint density at radius 3 is 2.44 bits per heavy atom. The van der Waals surface area contributed by atoms with E-state index in [0.29, 0.717) is 42.5 Å². The summed E-state index contributed by atoms with van der Waals surface area (Å²) >= 11 is 6.08. The molecule has 1 aliphatic heterocycles. The minimum Gasteiger partial charge on any atom is -0.368 e. The summed E-state index contributed by atoms with van der Waals surface area (Å²) in [6.07, 6.45) is 1.43. The largest absolute Gasteiger partial charge is 0.368 e. The van der Waals surface area contributed by atoms with E-state index in [2.05, 4.69) is 20.4 Å². The molecule has 7 nitrogen and oxygen atoms in total. The molecule has 4 rings (SSSR count). The molecule has 0 aliphatic carbocycles. The number of hydrogen-bond acceptors (Lipinski definition) is 5. The molecule has 1 fully saturated rings. The van der Waals surface area contributed by atoms with Gasteiger partial charge in [0, 0.05) is 36.9 Å². The summed E-state index contributed by atoms with van der Waals surface area (Å²) in [5.74, 6) is -0.360. The lowest BCUT2D eigenvalue weighted by molar-refractivity contribution is 0.0746. The fourth-order valence-corrected chi connectivity index (χ4v) is 3.30. The van der Waals surface area contributed by atoms with Gasteiger partial charge in [-0.05, 0) is 52.9 Å².